The summed E-state index contributed by atoms with van der Waals surface area (Å²) in [5, 5.41) is 7.05. The lowest BCUT2D eigenvalue weighted by molar-refractivity contribution is -0.120. The average molecular weight is 141 g/mol. The number of rotatable bonds is 0. The molecule has 1 fully saturated rings. The van der Waals surface area contributed by atoms with Gasteiger partial charge < -0.3 is 10.6 Å². The molecule has 3 N–H and O–H groups in total. The van der Waals surface area contributed by atoms with Crippen molar-refractivity contribution in [1.29, 1.82) is 5.41 Å². The van der Waals surface area contributed by atoms with Crippen molar-refractivity contribution >= 4 is 11.7 Å². The molecule has 56 valence electrons. The van der Waals surface area contributed by atoms with Crippen molar-refractivity contribution in [2.45, 2.75) is 12.8 Å². The van der Waals surface area contributed by atoms with Crippen LogP contribution in [0.25, 0.3) is 0 Å². The normalized spacial score (nSPS) is 19.2. The van der Waals surface area contributed by atoms with Crippen LogP contribution in [0.3, 0.4) is 0 Å². The Labute approximate surface area is 59.5 Å². The first-order valence-corrected chi connectivity index (χ1v) is 3.31. The molecule has 0 aromatic carbocycles. The molecule has 0 aromatic heterocycles. The molecule has 1 saturated heterocycles. The summed E-state index contributed by atoms with van der Waals surface area (Å²) >= 11 is 0. The molecule has 0 atom stereocenters. The highest BCUT2D eigenvalue weighted by molar-refractivity contribution is 5.82. The number of ketones is 1. The highest BCUT2D eigenvalue weighted by atomic mass is 16.1. The van der Waals surface area contributed by atoms with Crippen LogP contribution in [0, 0.1) is 5.41 Å². The first-order valence-electron chi connectivity index (χ1n) is 3.31. The Morgan fingerprint density at radius 2 is 2.00 bits per heavy atom. The van der Waals surface area contributed by atoms with E-state index in [0.717, 1.165) is 0 Å². The fourth-order valence-corrected chi connectivity index (χ4v) is 0.997. The largest absolute Gasteiger partial charge is 0.370 e. The summed E-state index contributed by atoms with van der Waals surface area (Å²) in [6.45, 7) is 1.24. The number of hydrogen-bond acceptors (Lipinski definition) is 2. The molecular weight excluding hydrogens is 130 g/mol. The Kier molecular flexibility index (Phi) is 1.89. The van der Waals surface area contributed by atoms with Gasteiger partial charge >= 0.3 is 0 Å². The summed E-state index contributed by atoms with van der Waals surface area (Å²) in [7, 11) is 0. The number of nitrogens with one attached hydrogen (secondary N) is 1. The summed E-state index contributed by atoms with van der Waals surface area (Å²) in [4.78, 5) is 12.4. The second kappa shape index (κ2) is 2.68. The van der Waals surface area contributed by atoms with Crippen LogP contribution in [-0.2, 0) is 4.79 Å². The number of carbonyl (C=O) groups excluding carboxylic acids is 1. The maximum Gasteiger partial charge on any atom is 0.188 e. The molecule has 0 radical (unpaired) electrons. The molecule has 0 saturated carbocycles. The van der Waals surface area contributed by atoms with E-state index in [2.05, 4.69) is 0 Å². The second-order valence-electron chi connectivity index (χ2n) is 2.41. The Hall–Kier alpha value is -1.06. The summed E-state index contributed by atoms with van der Waals surface area (Å²) in [5.41, 5.74) is 5.21. The maximum absolute atomic E-state index is 10.7. The molecule has 0 unspecified atom stereocenters. The van der Waals surface area contributed by atoms with Crippen molar-refractivity contribution < 1.29 is 4.79 Å². The van der Waals surface area contributed by atoms with Gasteiger partial charge in [0, 0.05) is 25.9 Å². The third kappa shape index (κ3) is 1.46. The maximum atomic E-state index is 10.7. The van der Waals surface area contributed by atoms with Crippen LogP contribution in [-0.4, -0.2) is 29.7 Å². The van der Waals surface area contributed by atoms with Crippen LogP contribution in [0.4, 0.5) is 0 Å². The van der Waals surface area contributed by atoms with Gasteiger partial charge in [0.25, 0.3) is 0 Å². The van der Waals surface area contributed by atoms with E-state index in [0.29, 0.717) is 25.9 Å². The van der Waals surface area contributed by atoms with Crippen molar-refractivity contribution in [3.63, 3.8) is 0 Å². The number of nitrogens with zero attached hydrogens (tertiary/aromatic N) is 1. The van der Waals surface area contributed by atoms with Crippen LogP contribution >= 0.6 is 0 Å². The molecule has 1 aliphatic heterocycles. The molecule has 0 bridgehead atoms. The molecule has 0 amide bonds. The van der Waals surface area contributed by atoms with Crippen LogP contribution in [0.1, 0.15) is 12.8 Å². The summed E-state index contributed by atoms with van der Waals surface area (Å²) in [6.07, 6.45) is 1.08. The predicted octanol–water partition coefficient (Wildman–Crippen LogP) is -0.455. The van der Waals surface area contributed by atoms with Crippen LogP contribution < -0.4 is 5.73 Å². The Morgan fingerprint density at radius 1 is 1.50 bits per heavy atom. The molecule has 0 aromatic rings. The molecule has 1 heterocycles. The monoisotopic (exact) mass is 141 g/mol. The third-order valence-electron chi connectivity index (χ3n) is 1.66. The van der Waals surface area contributed by atoms with E-state index in [1.807, 2.05) is 0 Å². The van der Waals surface area contributed by atoms with E-state index < -0.39 is 0 Å². The fraction of sp³-hybridized carbons (Fsp3) is 0.667. The molecule has 4 nitrogen and oxygen atoms in total. The quantitative estimate of drug-likeness (QED) is 0.354. The van der Waals surface area contributed by atoms with Crippen LogP contribution in [0.5, 0.6) is 0 Å². The van der Waals surface area contributed by atoms with Gasteiger partial charge in [-0.2, -0.15) is 0 Å². The first-order chi connectivity index (χ1) is 4.70. The van der Waals surface area contributed by atoms with Crippen LogP contribution in [0.15, 0.2) is 0 Å². The van der Waals surface area contributed by atoms with E-state index in [9.17, 15) is 4.79 Å². The number of guanidine groups is 1. The van der Waals surface area contributed by atoms with Crippen molar-refractivity contribution in [3.05, 3.63) is 0 Å². The zero-order valence-electron chi connectivity index (χ0n) is 5.76. The minimum Gasteiger partial charge on any atom is -0.370 e. The third-order valence-corrected chi connectivity index (χ3v) is 1.66. The van der Waals surface area contributed by atoms with Crippen LogP contribution in [0.2, 0.25) is 0 Å². The first kappa shape index (κ1) is 7.05. The van der Waals surface area contributed by atoms with Gasteiger partial charge in [-0.15, -0.1) is 0 Å². The number of nitrogens with two attached hydrogens (primary N) is 1. The lowest BCUT2D eigenvalue weighted by Crippen LogP contribution is -2.42. The van der Waals surface area contributed by atoms with Crippen molar-refractivity contribution in [1.82, 2.24) is 4.90 Å². The Balaban J connectivity index is 2.40. The lowest BCUT2D eigenvalue weighted by Gasteiger charge is -2.25. The van der Waals surface area contributed by atoms with Gasteiger partial charge in [0.1, 0.15) is 5.78 Å². The van der Waals surface area contributed by atoms with Gasteiger partial charge in [-0.05, 0) is 0 Å². The highest BCUT2D eigenvalue weighted by Crippen LogP contribution is 2.03. The molecule has 0 spiro atoms. The number of piperidine rings is 1. The number of likely N-dealkylation sites (tertiary alicyclic amines) is 1. The summed E-state index contributed by atoms with van der Waals surface area (Å²) < 4.78 is 0. The molecule has 1 rings (SSSR count). The number of Topliss-reactive ketones (excluding diaryl/α,β-unsaturated/α-hetero) is 1. The summed E-state index contributed by atoms with van der Waals surface area (Å²) in [6, 6.07) is 0. The van der Waals surface area contributed by atoms with Gasteiger partial charge in [-0.3, -0.25) is 10.2 Å². The predicted molar refractivity (Wildman–Crippen MR) is 37.7 cm³/mol. The van der Waals surface area contributed by atoms with E-state index in [4.69, 9.17) is 11.1 Å². The number of carbonyl (C=O) groups is 1. The van der Waals surface area contributed by atoms with Gasteiger partial charge in [0.2, 0.25) is 0 Å². The fourth-order valence-electron chi connectivity index (χ4n) is 0.997. The SMILES string of the molecule is N=C(N)N1CCC(=O)CC1. The van der Waals surface area contributed by atoms with Crippen molar-refractivity contribution in [2.75, 3.05) is 13.1 Å². The molecule has 4 heteroatoms. The second-order valence-corrected chi connectivity index (χ2v) is 2.41. The minimum atomic E-state index is 0.0764. The zero-order chi connectivity index (χ0) is 7.56. The van der Waals surface area contributed by atoms with Crippen molar-refractivity contribution in [3.8, 4) is 0 Å². The van der Waals surface area contributed by atoms with E-state index in [-0.39, 0.29) is 11.7 Å². The highest BCUT2D eigenvalue weighted by Gasteiger charge is 2.15. The molecule has 0 aliphatic carbocycles. The van der Waals surface area contributed by atoms with E-state index in [1.165, 1.54) is 0 Å². The van der Waals surface area contributed by atoms with Gasteiger partial charge in [0.15, 0.2) is 5.96 Å². The molecule has 1 aliphatic rings. The van der Waals surface area contributed by atoms with Gasteiger partial charge in [-0.25, -0.2) is 0 Å². The van der Waals surface area contributed by atoms with E-state index >= 15 is 0 Å². The smallest absolute Gasteiger partial charge is 0.188 e. The van der Waals surface area contributed by atoms with E-state index in [1.54, 1.807) is 4.90 Å². The average Bonchev–Trinajstić information content (AvgIpc) is 1.88. The molecular formula is C6H11N3O. The standard InChI is InChI=1S/C6H11N3O/c7-6(8)9-3-1-5(10)2-4-9/h1-4H2,(H3,7,8). The Morgan fingerprint density at radius 3 is 2.40 bits per heavy atom. The number of hydrogen-bond donors (Lipinski definition) is 2. The zero-order valence-corrected chi connectivity index (χ0v) is 5.76. The minimum absolute atomic E-state index is 0.0764. The van der Waals surface area contributed by atoms with Gasteiger partial charge in [-0.1, -0.05) is 0 Å². The van der Waals surface area contributed by atoms with Gasteiger partial charge in [0.05, 0.1) is 0 Å². The van der Waals surface area contributed by atoms with Crippen molar-refractivity contribution in [2.24, 2.45) is 5.73 Å². The lowest BCUT2D eigenvalue weighted by atomic mass is 10.1. The topological polar surface area (TPSA) is 70.2 Å². The molecule has 10 heavy (non-hydrogen) atoms. The Bertz CT molecular complexity index is 156. The summed E-state index contributed by atoms with van der Waals surface area (Å²) in [5.74, 6) is 0.352.